The molecule has 1 aliphatic carbocycles. The normalized spacial score (nSPS) is 18.4. The Morgan fingerprint density at radius 3 is 2.96 bits per heavy atom. The molecular weight excluding hydrogens is 334 g/mol. The molecule has 1 fully saturated rings. The number of anilines is 2. The van der Waals surface area contributed by atoms with Crippen LogP contribution in [-0.2, 0) is 11.4 Å². The molecule has 2 N–H and O–H groups in total. The number of nitrogens with one attached hydrogen (secondary N) is 2. The van der Waals surface area contributed by atoms with Crippen LogP contribution in [0.25, 0.3) is 11.0 Å². The zero-order chi connectivity index (χ0) is 17.6. The monoisotopic (exact) mass is 353 g/mol. The first kappa shape index (κ1) is 15.2. The molecule has 0 radical (unpaired) electrons. The van der Waals surface area contributed by atoms with Gasteiger partial charge in [-0.05, 0) is 43.0 Å². The molecule has 0 amide bonds. The number of fused-ring (bicyclic) bond motifs is 1. The van der Waals surface area contributed by atoms with Crippen molar-refractivity contribution in [3.8, 4) is 0 Å². The van der Waals surface area contributed by atoms with Crippen molar-refractivity contribution in [2.24, 2.45) is 5.16 Å². The fraction of sp³-hybridized carbons (Fsp3) is 0.500. The molecule has 3 aromatic rings. The van der Waals surface area contributed by atoms with Gasteiger partial charge in [0.15, 0.2) is 5.65 Å². The van der Waals surface area contributed by atoms with E-state index in [1.54, 1.807) is 0 Å². The predicted molar refractivity (Wildman–Crippen MR) is 94.1 cm³/mol. The summed E-state index contributed by atoms with van der Waals surface area (Å²) >= 11 is 0. The van der Waals surface area contributed by atoms with Crippen LogP contribution >= 0.6 is 0 Å². The molecular formula is C16H19N9O. The fourth-order valence-corrected chi connectivity index (χ4v) is 3.90. The molecule has 2 aliphatic rings. The zero-order valence-corrected chi connectivity index (χ0v) is 14.4. The van der Waals surface area contributed by atoms with Crippen LogP contribution in [0, 0.1) is 0 Å². The van der Waals surface area contributed by atoms with Crippen molar-refractivity contribution in [1.29, 1.82) is 0 Å². The van der Waals surface area contributed by atoms with Crippen molar-refractivity contribution in [1.82, 2.24) is 35.4 Å². The fourth-order valence-electron chi connectivity index (χ4n) is 3.90. The minimum atomic E-state index is -0.136. The van der Waals surface area contributed by atoms with Crippen molar-refractivity contribution in [3.05, 3.63) is 18.0 Å². The van der Waals surface area contributed by atoms with E-state index in [4.69, 9.17) is 4.84 Å². The molecule has 26 heavy (non-hydrogen) atoms. The Hall–Kier alpha value is -3.04. The van der Waals surface area contributed by atoms with Crippen molar-refractivity contribution >= 4 is 28.4 Å². The maximum atomic E-state index is 5.86. The topological polar surface area (TPSA) is 119 Å². The van der Waals surface area contributed by atoms with Crippen LogP contribution in [0.2, 0.25) is 0 Å². The van der Waals surface area contributed by atoms with Gasteiger partial charge >= 0.3 is 0 Å². The van der Waals surface area contributed by atoms with Gasteiger partial charge in [-0.15, -0.1) is 0 Å². The predicted octanol–water partition coefficient (Wildman–Crippen LogP) is 2.15. The SMILES string of the molecule is CCn1ncc2c(Nc3nnn[nH]3)c(C3=NOC4(CCCC4)C3)cnc21. The average molecular weight is 353 g/mol. The number of hydrogen-bond donors (Lipinski definition) is 2. The Balaban J connectivity index is 1.60. The van der Waals surface area contributed by atoms with E-state index >= 15 is 0 Å². The molecule has 0 saturated heterocycles. The maximum absolute atomic E-state index is 5.86. The molecule has 1 saturated carbocycles. The summed E-state index contributed by atoms with van der Waals surface area (Å²) in [6, 6.07) is 0. The number of rotatable bonds is 4. The van der Waals surface area contributed by atoms with Crippen LogP contribution in [0.1, 0.15) is 44.6 Å². The van der Waals surface area contributed by atoms with E-state index in [-0.39, 0.29) is 5.60 Å². The summed E-state index contributed by atoms with van der Waals surface area (Å²) in [5.41, 5.74) is 3.31. The average Bonchev–Trinajstić information content (AvgIpc) is 3.43. The van der Waals surface area contributed by atoms with Gasteiger partial charge in [0.2, 0.25) is 5.95 Å². The van der Waals surface area contributed by atoms with E-state index < -0.39 is 0 Å². The number of pyridine rings is 1. The summed E-state index contributed by atoms with van der Waals surface area (Å²) in [5, 5.41) is 26.9. The lowest BCUT2D eigenvalue weighted by molar-refractivity contribution is -0.0126. The summed E-state index contributed by atoms with van der Waals surface area (Å²) < 4.78 is 1.86. The highest BCUT2D eigenvalue weighted by Crippen LogP contribution is 2.42. The molecule has 3 aromatic heterocycles. The lowest BCUT2D eigenvalue weighted by Gasteiger charge is -2.19. The van der Waals surface area contributed by atoms with Gasteiger partial charge in [-0.25, -0.2) is 14.8 Å². The van der Waals surface area contributed by atoms with Crippen LogP contribution in [0.15, 0.2) is 17.5 Å². The quantitative estimate of drug-likeness (QED) is 0.737. The van der Waals surface area contributed by atoms with E-state index in [2.05, 4.69) is 41.2 Å². The number of aromatic amines is 1. The minimum absolute atomic E-state index is 0.136. The van der Waals surface area contributed by atoms with Crippen molar-refractivity contribution in [3.63, 3.8) is 0 Å². The zero-order valence-electron chi connectivity index (χ0n) is 14.4. The summed E-state index contributed by atoms with van der Waals surface area (Å²) in [5.74, 6) is 0.457. The summed E-state index contributed by atoms with van der Waals surface area (Å²) in [6.45, 7) is 2.78. The number of tetrazole rings is 1. The second-order valence-corrected chi connectivity index (χ2v) is 6.82. The first-order valence-corrected chi connectivity index (χ1v) is 8.89. The summed E-state index contributed by atoms with van der Waals surface area (Å²) in [6.07, 6.45) is 8.93. The van der Waals surface area contributed by atoms with Gasteiger partial charge in [0.1, 0.15) is 5.60 Å². The van der Waals surface area contributed by atoms with Crippen LogP contribution in [0.3, 0.4) is 0 Å². The minimum Gasteiger partial charge on any atom is -0.389 e. The smallest absolute Gasteiger partial charge is 0.244 e. The number of nitrogens with zero attached hydrogens (tertiary/aromatic N) is 7. The van der Waals surface area contributed by atoms with Crippen LogP contribution in [-0.4, -0.2) is 46.7 Å². The molecule has 0 unspecified atom stereocenters. The van der Waals surface area contributed by atoms with Crippen LogP contribution < -0.4 is 5.32 Å². The summed E-state index contributed by atoms with van der Waals surface area (Å²) in [7, 11) is 0. The molecule has 4 heterocycles. The van der Waals surface area contributed by atoms with Gasteiger partial charge in [-0.2, -0.15) is 5.10 Å². The van der Waals surface area contributed by atoms with E-state index in [9.17, 15) is 0 Å². The summed E-state index contributed by atoms with van der Waals surface area (Å²) in [4.78, 5) is 10.5. The van der Waals surface area contributed by atoms with Gasteiger partial charge in [-0.3, -0.25) is 0 Å². The molecule has 10 heteroatoms. The molecule has 134 valence electrons. The molecule has 0 bridgehead atoms. The Labute approximate surface area is 149 Å². The van der Waals surface area contributed by atoms with E-state index in [0.29, 0.717) is 5.95 Å². The lowest BCUT2D eigenvalue weighted by atomic mass is 9.92. The molecule has 1 spiro atoms. The van der Waals surface area contributed by atoms with E-state index in [1.165, 1.54) is 12.8 Å². The number of aromatic nitrogens is 7. The number of oxime groups is 1. The van der Waals surface area contributed by atoms with Gasteiger partial charge in [0.25, 0.3) is 0 Å². The Bertz CT molecular complexity index is 969. The van der Waals surface area contributed by atoms with Gasteiger partial charge in [-0.1, -0.05) is 10.3 Å². The van der Waals surface area contributed by atoms with Crippen molar-refractivity contribution in [2.45, 2.75) is 51.2 Å². The van der Waals surface area contributed by atoms with Crippen LogP contribution in [0.5, 0.6) is 0 Å². The van der Waals surface area contributed by atoms with Crippen molar-refractivity contribution in [2.75, 3.05) is 5.32 Å². The first-order chi connectivity index (χ1) is 12.8. The molecule has 5 rings (SSSR count). The first-order valence-electron chi connectivity index (χ1n) is 8.89. The Morgan fingerprint density at radius 2 is 2.19 bits per heavy atom. The highest BCUT2D eigenvalue weighted by atomic mass is 16.7. The largest absolute Gasteiger partial charge is 0.389 e. The Morgan fingerprint density at radius 1 is 1.31 bits per heavy atom. The van der Waals surface area contributed by atoms with Gasteiger partial charge in [0.05, 0.1) is 23.0 Å². The second-order valence-electron chi connectivity index (χ2n) is 6.82. The van der Waals surface area contributed by atoms with Gasteiger partial charge in [0, 0.05) is 24.7 Å². The standard InChI is InChI=1S/C16H19N9O/c1-2-25-14-11(9-18-25)13(19-15-20-23-24-21-15)10(8-17-14)12-7-16(26-22-12)5-3-4-6-16/h8-9H,2-7H2,1H3,(H2,17,19,20,21,23,24). The van der Waals surface area contributed by atoms with Crippen LogP contribution in [0.4, 0.5) is 11.6 Å². The maximum Gasteiger partial charge on any atom is 0.244 e. The van der Waals surface area contributed by atoms with Gasteiger partial charge < -0.3 is 10.2 Å². The third-order valence-corrected chi connectivity index (χ3v) is 5.22. The molecule has 0 aromatic carbocycles. The molecule has 10 nitrogen and oxygen atoms in total. The number of aryl methyl sites for hydroxylation is 1. The lowest BCUT2D eigenvalue weighted by Crippen LogP contribution is -2.24. The second kappa shape index (κ2) is 5.75. The molecule has 0 atom stereocenters. The van der Waals surface area contributed by atoms with Crippen molar-refractivity contribution < 1.29 is 4.84 Å². The Kier molecular flexibility index (Phi) is 3.37. The highest BCUT2D eigenvalue weighted by molar-refractivity contribution is 6.11. The van der Waals surface area contributed by atoms with E-state index in [0.717, 1.165) is 53.8 Å². The number of hydrogen-bond acceptors (Lipinski definition) is 8. The van der Waals surface area contributed by atoms with E-state index in [1.807, 2.05) is 24.0 Å². The number of H-pyrrole nitrogens is 1. The highest BCUT2D eigenvalue weighted by Gasteiger charge is 2.42. The molecule has 1 aliphatic heterocycles. The third kappa shape index (κ3) is 2.32. The third-order valence-electron chi connectivity index (χ3n) is 5.22.